The van der Waals surface area contributed by atoms with Gasteiger partial charge >= 0.3 is 0 Å². The van der Waals surface area contributed by atoms with Crippen LogP contribution in [0.3, 0.4) is 0 Å². The van der Waals surface area contributed by atoms with Crippen LogP contribution in [0.4, 0.5) is 5.13 Å². The van der Waals surface area contributed by atoms with E-state index in [1.165, 1.54) is 11.3 Å². The van der Waals surface area contributed by atoms with E-state index >= 15 is 0 Å². The molecule has 1 aromatic heterocycles. The first-order chi connectivity index (χ1) is 12.1. The molecule has 0 saturated carbocycles. The van der Waals surface area contributed by atoms with E-state index in [0.717, 1.165) is 12.0 Å². The van der Waals surface area contributed by atoms with Gasteiger partial charge in [-0.3, -0.25) is 14.5 Å². The molecule has 2 heterocycles. The van der Waals surface area contributed by atoms with Crippen LogP contribution in [0.2, 0.25) is 0 Å². The number of carbonyl (C=O) groups is 2. The number of nitriles is 1. The summed E-state index contributed by atoms with van der Waals surface area (Å²) in [4.78, 5) is 30.1. The average molecular weight is 354 g/mol. The van der Waals surface area contributed by atoms with Crippen molar-refractivity contribution in [3.05, 3.63) is 46.5 Å². The summed E-state index contributed by atoms with van der Waals surface area (Å²) in [7, 11) is 0. The Hall–Kier alpha value is -2.72. The van der Waals surface area contributed by atoms with Gasteiger partial charge in [-0.15, -0.1) is 11.3 Å². The highest BCUT2D eigenvalue weighted by molar-refractivity contribution is 7.14. The van der Waals surface area contributed by atoms with E-state index in [2.05, 4.69) is 16.4 Å². The highest BCUT2D eigenvalue weighted by atomic mass is 32.1. The minimum Gasteiger partial charge on any atom is -0.349 e. The molecule has 1 aliphatic rings. The number of nitrogens with one attached hydrogen (secondary N) is 1. The zero-order valence-corrected chi connectivity index (χ0v) is 14.7. The highest BCUT2D eigenvalue weighted by Gasteiger charge is 2.24. The first-order valence-corrected chi connectivity index (χ1v) is 8.99. The Morgan fingerprint density at radius 1 is 1.44 bits per heavy atom. The summed E-state index contributed by atoms with van der Waals surface area (Å²) < 4.78 is 0. The summed E-state index contributed by atoms with van der Waals surface area (Å²) >= 11 is 1.40. The van der Waals surface area contributed by atoms with E-state index in [1.54, 1.807) is 17.0 Å². The normalized spacial score (nSPS) is 15.0. The second kappa shape index (κ2) is 7.45. The molecule has 25 heavy (non-hydrogen) atoms. The molecule has 7 heteroatoms. The maximum Gasteiger partial charge on any atom is 0.228 e. The van der Waals surface area contributed by atoms with Gasteiger partial charge in [-0.25, -0.2) is 4.98 Å². The topological polar surface area (TPSA) is 86.1 Å². The predicted molar refractivity (Wildman–Crippen MR) is 95.1 cm³/mol. The van der Waals surface area contributed by atoms with Crippen molar-refractivity contribution in [2.75, 3.05) is 11.4 Å². The van der Waals surface area contributed by atoms with E-state index in [1.807, 2.05) is 24.4 Å². The molecule has 1 atom stereocenters. The molecule has 1 unspecified atom stereocenters. The van der Waals surface area contributed by atoms with Gasteiger partial charge in [0.1, 0.15) is 0 Å². The molecule has 1 aromatic carbocycles. The lowest BCUT2D eigenvalue weighted by Gasteiger charge is -2.14. The van der Waals surface area contributed by atoms with E-state index in [0.29, 0.717) is 29.4 Å². The molecule has 1 saturated heterocycles. The Labute approximate surface area is 150 Å². The van der Waals surface area contributed by atoms with Crippen LogP contribution in [-0.2, 0) is 16.0 Å². The summed E-state index contributed by atoms with van der Waals surface area (Å²) in [5, 5.41) is 14.3. The molecule has 0 radical (unpaired) electrons. The Balaban J connectivity index is 1.58. The van der Waals surface area contributed by atoms with Crippen LogP contribution in [0.1, 0.15) is 42.6 Å². The predicted octanol–water partition coefficient (Wildman–Crippen LogP) is 2.56. The summed E-state index contributed by atoms with van der Waals surface area (Å²) in [5.41, 5.74) is 2.20. The zero-order valence-electron chi connectivity index (χ0n) is 13.9. The molecule has 2 aromatic rings. The van der Waals surface area contributed by atoms with Gasteiger partial charge in [0.15, 0.2) is 5.13 Å². The van der Waals surface area contributed by atoms with Crippen molar-refractivity contribution in [3.8, 4) is 6.07 Å². The van der Waals surface area contributed by atoms with Crippen molar-refractivity contribution in [2.24, 2.45) is 0 Å². The van der Waals surface area contributed by atoms with Gasteiger partial charge in [0.05, 0.1) is 29.8 Å². The molecule has 1 aliphatic heterocycles. The smallest absolute Gasteiger partial charge is 0.228 e. The SMILES string of the molecule is CC(NC(=O)Cc1csc(N2CCCC2=O)n1)c1ccc(C#N)cc1. The fraction of sp³-hybridized carbons (Fsp3) is 0.333. The van der Waals surface area contributed by atoms with Crippen LogP contribution in [0.25, 0.3) is 0 Å². The molecule has 0 bridgehead atoms. The quantitative estimate of drug-likeness (QED) is 0.894. The van der Waals surface area contributed by atoms with E-state index in [9.17, 15) is 9.59 Å². The van der Waals surface area contributed by atoms with Crippen molar-refractivity contribution in [3.63, 3.8) is 0 Å². The molecule has 0 spiro atoms. The minimum absolute atomic E-state index is 0.0970. The lowest BCUT2D eigenvalue weighted by molar-refractivity contribution is -0.121. The Morgan fingerprint density at radius 2 is 2.20 bits per heavy atom. The van der Waals surface area contributed by atoms with E-state index < -0.39 is 0 Å². The van der Waals surface area contributed by atoms with Gasteiger partial charge in [0.25, 0.3) is 0 Å². The number of carbonyl (C=O) groups excluding carboxylic acids is 2. The van der Waals surface area contributed by atoms with Gasteiger partial charge in [-0.2, -0.15) is 5.26 Å². The van der Waals surface area contributed by atoms with Crippen molar-refractivity contribution in [1.29, 1.82) is 5.26 Å². The lowest BCUT2D eigenvalue weighted by Crippen LogP contribution is -2.28. The van der Waals surface area contributed by atoms with Crippen LogP contribution in [-0.4, -0.2) is 23.3 Å². The molecule has 3 rings (SSSR count). The fourth-order valence-electron chi connectivity index (χ4n) is 2.74. The second-order valence-electron chi connectivity index (χ2n) is 5.97. The maximum atomic E-state index is 12.2. The highest BCUT2D eigenvalue weighted by Crippen LogP contribution is 2.25. The maximum absolute atomic E-state index is 12.2. The molecule has 6 nitrogen and oxygen atoms in total. The molecule has 0 aliphatic carbocycles. The molecular formula is C18H18N4O2S. The molecule has 2 amide bonds. The first-order valence-electron chi connectivity index (χ1n) is 8.11. The van der Waals surface area contributed by atoms with Crippen molar-refractivity contribution in [2.45, 2.75) is 32.2 Å². The third kappa shape index (κ3) is 4.03. The van der Waals surface area contributed by atoms with Gasteiger partial charge in [-0.1, -0.05) is 12.1 Å². The second-order valence-corrected chi connectivity index (χ2v) is 6.81. The zero-order chi connectivity index (χ0) is 17.8. The number of thiazole rings is 1. The van der Waals surface area contributed by atoms with Crippen molar-refractivity contribution in [1.82, 2.24) is 10.3 Å². The van der Waals surface area contributed by atoms with E-state index in [4.69, 9.17) is 5.26 Å². The first kappa shape index (κ1) is 17.1. The number of aromatic nitrogens is 1. The molecule has 1 N–H and O–H groups in total. The van der Waals surface area contributed by atoms with Crippen LogP contribution in [0, 0.1) is 11.3 Å². The lowest BCUT2D eigenvalue weighted by atomic mass is 10.1. The Kier molecular flexibility index (Phi) is 5.10. The summed E-state index contributed by atoms with van der Waals surface area (Å²) in [6, 6.07) is 9.06. The number of amides is 2. The third-order valence-electron chi connectivity index (χ3n) is 4.10. The van der Waals surface area contributed by atoms with Crippen LogP contribution in [0.5, 0.6) is 0 Å². The molecular weight excluding hydrogens is 336 g/mol. The fourth-order valence-corrected chi connectivity index (χ4v) is 3.61. The standard InChI is InChI=1S/C18H18N4O2S/c1-12(14-6-4-13(10-19)5-7-14)20-16(23)9-15-11-25-18(21-15)22-8-2-3-17(22)24/h4-7,11-12H,2-3,8-9H2,1H3,(H,20,23). The minimum atomic E-state index is -0.154. The van der Waals surface area contributed by atoms with Crippen LogP contribution >= 0.6 is 11.3 Å². The van der Waals surface area contributed by atoms with Gasteiger partial charge in [0.2, 0.25) is 11.8 Å². The number of benzene rings is 1. The monoisotopic (exact) mass is 354 g/mol. The average Bonchev–Trinajstić information content (AvgIpc) is 3.23. The number of rotatable bonds is 5. The van der Waals surface area contributed by atoms with Gasteiger partial charge in [-0.05, 0) is 31.0 Å². The number of anilines is 1. The van der Waals surface area contributed by atoms with Crippen molar-refractivity contribution < 1.29 is 9.59 Å². The Morgan fingerprint density at radius 3 is 2.84 bits per heavy atom. The van der Waals surface area contributed by atoms with Crippen molar-refractivity contribution >= 4 is 28.3 Å². The number of hydrogen-bond acceptors (Lipinski definition) is 5. The Bertz CT molecular complexity index is 822. The summed E-state index contributed by atoms with van der Waals surface area (Å²) in [5.74, 6) is -0.0266. The van der Waals surface area contributed by atoms with Gasteiger partial charge in [0, 0.05) is 18.3 Å². The van der Waals surface area contributed by atoms with Crippen LogP contribution < -0.4 is 10.2 Å². The van der Waals surface area contributed by atoms with E-state index in [-0.39, 0.29) is 24.3 Å². The molecule has 128 valence electrons. The summed E-state index contributed by atoms with van der Waals surface area (Å²) in [6.07, 6.45) is 1.60. The largest absolute Gasteiger partial charge is 0.349 e. The number of nitrogens with zero attached hydrogens (tertiary/aromatic N) is 3. The number of hydrogen-bond donors (Lipinski definition) is 1. The van der Waals surface area contributed by atoms with Crippen LogP contribution in [0.15, 0.2) is 29.6 Å². The van der Waals surface area contributed by atoms with Gasteiger partial charge < -0.3 is 5.32 Å². The third-order valence-corrected chi connectivity index (χ3v) is 5.02. The molecule has 1 fully saturated rings. The summed E-state index contributed by atoms with van der Waals surface area (Å²) in [6.45, 7) is 2.60.